The van der Waals surface area contributed by atoms with Gasteiger partial charge in [0.05, 0.1) is 10.9 Å². The summed E-state index contributed by atoms with van der Waals surface area (Å²) in [5.74, 6) is -0.0557. The van der Waals surface area contributed by atoms with Gasteiger partial charge in [0.25, 0.3) is 0 Å². The van der Waals surface area contributed by atoms with Crippen LogP contribution in [0.1, 0.15) is 58.7 Å². The second-order valence-electron chi connectivity index (χ2n) is 8.57. The average molecular weight is 471 g/mol. The molecule has 2 aromatic heterocycles. The number of aryl methyl sites for hydroxylation is 1. The molecule has 0 aliphatic heterocycles. The third kappa shape index (κ3) is 4.74. The summed E-state index contributed by atoms with van der Waals surface area (Å²) in [4.78, 5) is 45.9. The topological polar surface area (TPSA) is 132 Å². The van der Waals surface area contributed by atoms with Crippen LogP contribution in [0.15, 0.2) is 55.0 Å². The predicted molar refractivity (Wildman–Crippen MR) is 136 cm³/mol. The summed E-state index contributed by atoms with van der Waals surface area (Å²) in [6.07, 6.45) is 3.13. The molecule has 0 spiro atoms. The van der Waals surface area contributed by atoms with E-state index >= 15 is 0 Å². The number of nitrogen functional groups attached to an aromatic ring is 1. The first kappa shape index (κ1) is 23.6. The molecule has 4 N–H and O–H groups in total. The Morgan fingerprint density at radius 3 is 2.26 bits per heavy atom. The van der Waals surface area contributed by atoms with Crippen molar-refractivity contribution in [1.29, 1.82) is 0 Å². The average Bonchev–Trinajstić information content (AvgIpc) is 3.21. The van der Waals surface area contributed by atoms with Gasteiger partial charge in [-0.05, 0) is 69.7 Å². The molecular weight excluding hydrogens is 444 g/mol. The molecule has 9 nitrogen and oxygen atoms in total. The number of urea groups is 1. The molecular formula is C26H26N6O3. The van der Waals surface area contributed by atoms with E-state index in [9.17, 15) is 14.4 Å². The number of aromatic nitrogens is 3. The van der Waals surface area contributed by atoms with Crippen LogP contribution in [0.4, 0.5) is 22.0 Å². The summed E-state index contributed by atoms with van der Waals surface area (Å²) in [5.41, 5.74) is 9.85. The molecule has 0 unspecified atom stereocenters. The quantitative estimate of drug-likeness (QED) is 0.341. The van der Waals surface area contributed by atoms with Crippen molar-refractivity contribution >= 4 is 45.8 Å². The zero-order valence-corrected chi connectivity index (χ0v) is 19.9. The largest absolute Gasteiger partial charge is 0.383 e. The summed E-state index contributed by atoms with van der Waals surface area (Å²) in [6, 6.07) is 11.3. The maximum atomic E-state index is 13.6. The van der Waals surface area contributed by atoms with Crippen LogP contribution in [0.3, 0.4) is 0 Å². The number of carbonyl (C=O) groups excluding carboxylic acids is 3. The molecule has 0 saturated heterocycles. The van der Waals surface area contributed by atoms with E-state index in [1.165, 1.54) is 13.3 Å². The molecule has 0 bridgehead atoms. The Balaban J connectivity index is 1.61. The molecule has 2 aromatic carbocycles. The van der Waals surface area contributed by atoms with Gasteiger partial charge >= 0.3 is 6.03 Å². The molecule has 9 heteroatoms. The lowest BCUT2D eigenvalue weighted by Gasteiger charge is -2.11. The fourth-order valence-corrected chi connectivity index (χ4v) is 3.85. The highest BCUT2D eigenvalue weighted by molar-refractivity contribution is 6.19. The number of anilines is 3. The number of hydrogen-bond acceptors (Lipinski definition) is 6. The van der Waals surface area contributed by atoms with E-state index in [0.29, 0.717) is 39.1 Å². The fraction of sp³-hybridized carbons (Fsp3) is 0.192. The number of benzene rings is 2. The Kier molecular flexibility index (Phi) is 6.33. The lowest BCUT2D eigenvalue weighted by atomic mass is 9.98. The Morgan fingerprint density at radius 1 is 0.943 bits per heavy atom. The number of ketones is 2. The molecule has 0 radical (unpaired) electrons. The summed E-state index contributed by atoms with van der Waals surface area (Å²) in [5, 5.41) is 5.98. The first-order valence-electron chi connectivity index (χ1n) is 11.1. The van der Waals surface area contributed by atoms with Crippen molar-refractivity contribution in [2.24, 2.45) is 0 Å². The van der Waals surface area contributed by atoms with Gasteiger partial charge in [-0.15, -0.1) is 0 Å². The van der Waals surface area contributed by atoms with Crippen LogP contribution in [0.25, 0.3) is 11.0 Å². The van der Waals surface area contributed by atoms with Crippen molar-refractivity contribution in [3.05, 3.63) is 77.2 Å². The van der Waals surface area contributed by atoms with Gasteiger partial charge in [-0.25, -0.2) is 14.8 Å². The van der Waals surface area contributed by atoms with Crippen LogP contribution in [0, 0.1) is 6.92 Å². The molecule has 0 aliphatic rings. The van der Waals surface area contributed by atoms with Crippen molar-refractivity contribution in [1.82, 2.24) is 14.5 Å². The van der Waals surface area contributed by atoms with Crippen LogP contribution in [-0.4, -0.2) is 32.1 Å². The van der Waals surface area contributed by atoms with Crippen LogP contribution >= 0.6 is 0 Å². The van der Waals surface area contributed by atoms with E-state index in [1.54, 1.807) is 48.7 Å². The number of fused-ring (bicyclic) bond motifs is 1. The zero-order valence-electron chi connectivity index (χ0n) is 19.9. The van der Waals surface area contributed by atoms with Crippen molar-refractivity contribution in [3.63, 3.8) is 0 Å². The fourth-order valence-electron chi connectivity index (χ4n) is 3.85. The second-order valence-corrected chi connectivity index (χ2v) is 8.57. The highest BCUT2D eigenvalue weighted by atomic mass is 16.2. The van der Waals surface area contributed by atoms with E-state index in [0.717, 1.165) is 5.56 Å². The Hall–Kier alpha value is -4.53. The van der Waals surface area contributed by atoms with E-state index < -0.39 is 6.03 Å². The summed E-state index contributed by atoms with van der Waals surface area (Å²) >= 11 is 0. The molecule has 4 rings (SSSR count). The summed E-state index contributed by atoms with van der Waals surface area (Å²) in [7, 11) is 0. The number of rotatable bonds is 6. The molecule has 178 valence electrons. The number of hydrogen-bond donors (Lipinski definition) is 3. The lowest BCUT2D eigenvalue weighted by molar-refractivity contribution is 0.101. The van der Waals surface area contributed by atoms with Gasteiger partial charge in [-0.3, -0.25) is 9.59 Å². The van der Waals surface area contributed by atoms with Gasteiger partial charge in [0.1, 0.15) is 17.8 Å². The van der Waals surface area contributed by atoms with Crippen molar-refractivity contribution in [2.75, 3.05) is 16.4 Å². The normalized spacial score (nSPS) is 11.0. The van der Waals surface area contributed by atoms with E-state index in [4.69, 9.17) is 5.73 Å². The molecule has 2 heterocycles. The van der Waals surface area contributed by atoms with Gasteiger partial charge in [0.15, 0.2) is 11.6 Å². The van der Waals surface area contributed by atoms with E-state index in [2.05, 4.69) is 20.6 Å². The predicted octanol–water partition coefficient (Wildman–Crippen LogP) is 4.98. The number of nitrogens with one attached hydrogen (secondary N) is 2. The minimum atomic E-state index is -0.475. The minimum absolute atomic E-state index is 0.0531. The zero-order chi connectivity index (χ0) is 25.3. The first-order chi connectivity index (χ1) is 16.7. The number of nitrogens with zero attached hydrogens (tertiary/aromatic N) is 3. The number of Topliss-reactive ketones (excluding diaryl/α,β-unsaturated/α-hetero) is 1. The summed E-state index contributed by atoms with van der Waals surface area (Å²) in [6.45, 7) is 7.30. The highest BCUT2D eigenvalue weighted by Gasteiger charge is 2.22. The Morgan fingerprint density at radius 2 is 1.60 bits per heavy atom. The van der Waals surface area contributed by atoms with E-state index in [-0.39, 0.29) is 23.4 Å². The first-order valence-corrected chi connectivity index (χ1v) is 11.1. The number of amides is 2. The molecule has 0 atom stereocenters. The molecule has 2 amide bonds. The van der Waals surface area contributed by atoms with Crippen molar-refractivity contribution in [2.45, 2.75) is 33.7 Å². The Bertz CT molecular complexity index is 1450. The molecule has 0 fully saturated rings. The van der Waals surface area contributed by atoms with Gasteiger partial charge < -0.3 is 20.9 Å². The minimum Gasteiger partial charge on any atom is -0.383 e. The number of nitrogens with two attached hydrogens (primary N) is 1. The van der Waals surface area contributed by atoms with Crippen LogP contribution in [0.5, 0.6) is 0 Å². The standard InChI is InChI=1S/C26H26N6O3/c1-14(2)32-12-21(22-24(27)28-13-29-25(22)32)23(34)20-11-19(8-5-15(20)3)31-26(35)30-18-9-6-17(7-10-18)16(4)33/h5-14H,1-4H3,(H2,27,28,29)(H2,30,31,35). The van der Waals surface area contributed by atoms with Crippen LogP contribution in [0.2, 0.25) is 0 Å². The lowest BCUT2D eigenvalue weighted by Crippen LogP contribution is -2.19. The van der Waals surface area contributed by atoms with Crippen molar-refractivity contribution in [3.8, 4) is 0 Å². The number of carbonyl (C=O) groups is 3. The van der Waals surface area contributed by atoms with Gasteiger partial charge in [-0.2, -0.15) is 0 Å². The third-order valence-electron chi connectivity index (χ3n) is 5.73. The Labute approximate surface area is 202 Å². The smallest absolute Gasteiger partial charge is 0.323 e. The van der Waals surface area contributed by atoms with Gasteiger partial charge in [0, 0.05) is 34.7 Å². The highest BCUT2D eigenvalue weighted by Crippen LogP contribution is 2.30. The monoisotopic (exact) mass is 470 g/mol. The van der Waals surface area contributed by atoms with Gasteiger partial charge in [-0.1, -0.05) is 6.07 Å². The van der Waals surface area contributed by atoms with Gasteiger partial charge in [0.2, 0.25) is 0 Å². The maximum absolute atomic E-state index is 13.6. The molecule has 0 saturated carbocycles. The second kappa shape index (κ2) is 9.38. The summed E-state index contributed by atoms with van der Waals surface area (Å²) < 4.78 is 1.89. The third-order valence-corrected chi connectivity index (χ3v) is 5.73. The SMILES string of the molecule is CC(=O)c1ccc(NC(=O)Nc2ccc(C)c(C(=O)c3cn(C(C)C)c4ncnc(N)c34)c2)cc1. The molecule has 4 aromatic rings. The van der Waals surface area contributed by atoms with Crippen molar-refractivity contribution < 1.29 is 14.4 Å². The maximum Gasteiger partial charge on any atom is 0.323 e. The molecule has 35 heavy (non-hydrogen) atoms. The molecule has 0 aliphatic carbocycles. The van der Waals surface area contributed by atoms with Crippen LogP contribution in [-0.2, 0) is 0 Å². The van der Waals surface area contributed by atoms with E-state index in [1.807, 2.05) is 25.3 Å². The van der Waals surface area contributed by atoms with Crippen LogP contribution < -0.4 is 16.4 Å².